The first-order valence-corrected chi connectivity index (χ1v) is 9.90. The summed E-state index contributed by atoms with van der Waals surface area (Å²) in [6.07, 6.45) is 6.62. The van der Waals surface area contributed by atoms with Crippen LogP contribution in [0.1, 0.15) is 51.5 Å². The molecule has 0 amide bonds. The Hall–Kier alpha value is -1.55. The van der Waals surface area contributed by atoms with Crippen molar-refractivity contribution in [1.82, 2.24) is 4.90 Å². The number of hydrogen-bond acceptors (Lipinski definition) is 4. The third-order valence-corrected chi connectivity index (χ3v) is 6.42. The number of esters is 1. The fraction of sp³-hybridized carbons (Fsp3) is 0.682. The average Bonchev–Trinajstić information content (AvgIpc) is 3.22. The van der Waals surface area contributed by atoms with Gasteiger partial charge in [-0.1, -0.05) is 38.0 Å². The van der Waals surface area contributed by atoms with Crippen molar-refractivity contribution < 1.29 is 9.53 Å². The predicted molar refractivity (Wildman–Crippen MR) is 107 cm³/mol. The number of cyclic esters (lactones) is 1. The molecule has 1 aliphatic carbocycles. The number of rotatable bonds is 4. The SMILES string of the molecule is C.Cc1ccc(N2CCN(CCC3CC4(CCCC4)C(=O)O3)CC2)cc1. The van der Waals surface area contributed by atoms with Crippen LogP contribution in [0.5, 0.6) is 0 Å². The number of carbonyl (C=O) groups excluding carboxylic acids is 1. The molecule has 4 heteroatoms. The second-order valence-electron chi connectivity index (χ2n) is 8.17. The Morgan fingerprint density at radius 2 is 1.73 bits per heavy atom. The molecule has 3 aliphatic rings. The Balaban J connectivity index is 0.00000196. The number of piperazine rings is 1. The molecule has 2 saturated heterocycles. The summed E-state index contributed by atoms with van der Waals surface area (Å²) in [4.78, 5) is 17.2. The number of anilines is 1. The molecule has 0 aromatic heterocycles. The summed E-state index contributed by atoms with van der Waals surface area (Å²) in [5.41, 5.74) is 2.54. The van der Waals surface area contributed by atoms with Gasteiger partial charge in [-0.05, 0) is 38.3 Å². The predicted octanol–water partition coefficient (Wildman–Crippen LogP) is 4.02. The molecule has 2 aliphatic heterocycles. The molecule has 3 fully saturated rings. The van der Waals surface area contributed by atoms with Gasteiger partial charge < -0.3 is 9.64 Å². The molecule has 1 aromatic carbocycles. The van der Waals surface area contributed by atoms with Gasteiger partial charge in [0.25, 0.3) is 0 Å². The van der Waals surface area contributed by atoms with Crippen LogP contribution in [0.4, 0.5) is 5.69 Å². The molecule has 0 N–H and O–H groups in total. The highest BCUT2D eigenvalue weighted by atomic mass is 16.6. The van der Waals surface area contributed by atoms with E-state index in [-0.39, 0.29) is 24.9 Å². The van der Waals surface area contributed by atoms with Gasteiger partial charge in [0, 0.05) is 44.8 Å². The smallest absolute Gasteiger partial charge is 0.312 e. The number of benzene rings is 1. The van der Waals surface area contributed by atoms with Crippen LogP contribution in [0.15, 0.2) is 24.3 Å². The fourth-order valence-corrected chi connectivity index (χ4v) is 4.77. The summed E-state index contributed by atoms with van der Waals surface area (Å²) in [5, 5.41) is 0. The zero-order chi connectivity index (χ0) is 17.3. The quantitative estimate of drug-likeness (QED) is 0.761. The Kier molecular flexibility index (Phi) is 5.91. The largest absolute Gasteiger partial charge is 0.462 e. The van der Waals surface area contributed by atoms with Gasteiger partial charge in [-0.25, -0.2) is 0 Å². The van der Waals surface area contributed by atoms with Crippen LogP contribution in [0.25, 0.3) is 0 Å². The second-order valence-corrected chi connectivity index (χ2v) is 8.17. The van der Waals surface area contributed by atoms with Gasteiger partial charge in [0.15, 0.2) is 0 Å². The maximum Gasteiger partial charge on any atom is 0.312 e. The van der Waals surface area contributed by atoms with Crippen LogP contribution in [-0.2, 0) is 9.53 Å². The Morgan fingerprint density at radius 3 is 2.38 bits per heavy atom. The summed E-state index contributed by atoms with van der Waals surface area (Å²) < 4.78 is 5.72. The van der Waals surface area contributed by atoms with Gasteiger partial charge >= 0.3 is 5.97 Å². The van der Waals surface area contributed by atoms with E-state index in [0.717, 1.165) is 58.4 Å². The highest BCUT2D eigenvalue weighted by Crippen LogP contribution is 2.48. The molecule has 1 atom stereocenters. The standard InChI is InChI=1S/C21H30N2O2.CH4/c1-17-4-6-18(7-5-17)23-14-12-22(13-15-23)11-8-19-16-21(20(24)25-19)9-2-3-10-21;/h4-7,19H,2-3,8-16H2,1H3;1H4. The first-order valence-electron chi connectivity index (χ1n) is 9.90. The zero-order valence-electron chi connectivity index (χ0n) is 15.4. The topological polar surface area (TPSA) is 32.8 Å². The summed E-state index contributed by atoms with van der Waals surface area (Å²) >= 11 is 0. The molecule has 4 nitrogen and oxygen atoms in total. The van der Waals surface area contributed by atoms with Crippen molar-refractivity contribution in [3.8, 4) is 0 Å². The van der Waals surface area contributed by atoms with E-state index in [9.17, 15) is 4.79 Å². The Labute approximate surface area is 158 Å². The minimum absolute atomic E-state index is 0. The number of hydrogen-bond donors (Lipinski definition) is 0. The molecular formula is C22H34N2O2. The highest BCUT2D eigenvalue weighted by Gasteiger charge is 2.50. The Bertz CT molecular complexity index is 599. The molecule has 4 rings (SSSR count). The number of ether oxygens (including phenoxy) is 1. The lowest BCUT2D eigenvalue weighted by atomic mass is 9.83. The lowest BCUT2D eigenvalue weighted by Gasteiger charge is -2.36. The summed E-state index contributed by atoms with van der Waals surface area (Å²) in [5.74, 6) is 0.0965. The van der Waals surface area contributed by atoms with Crippen LogP contribution >= 0.6 is 0 Å². The molecule has 1 aromatic rings. The summed E-state index contributed by atoms with van der Waals surface area (Å²) in [6.45, 7) is 7.54. The molecule has 144 valence electrons. The van der Waals surface area contributed by atoms with Crippen LogP contribution in [-0.4, -0.2) is 49.7 Å². The lowest BCUT2D eigenvalue weighted by molar-refractivity contribution is -0.148. The molecule has 0 radical (unpaired) electrons. The van der Waals surface area contributed by atoms with Crippen LogP contribution < -0.4 is 4.90 Å². The van der Waals surface area contributed by atoms with E-state index in [1.54, 1.807) is 0 Å². The van der Waals surface area contributed by atoms with Gasteiger partial charge in [-0.2, -0.15) is 0 Å². The van der Waals surface area contributed by atoms with Gasteiger partial charge in [0.2, 0.25) is 0 Å². The van der Waals surface area contributed by atoms with Crippen molar-refractivity contribution in [2.45, 2.75) is 59.0 Å². The second kappa shape index (κ2) is 7.99. The number of aryl methyl sites for hydroxylation is 1. The van der Waals surface area contributed by atoms with Crippen molar-refractivity contribution in [2.75, 3.05) is 37.6 Å². The van der Waals surface area contributed by atoms with Crippen molar-refractivity contribution in [3.63, 3.8) is 0 Å². The summed E-state index contributed by atoms with van der Waals surface area (Å²) in [7, 11) is 0. The fourth-order valence-electron chi connectivity index (χ4n) is 4.77. The first kappa shape index (κ1) is 19.2. The maximum absolute atomic E-state index is 12.2. The average molecular weight is 359 g/mol. The normalized spacial score (nSPS) is 25.3. The van der Waals surface area contributed by atoms with Gasteiger partial charge in [0.1, 0.15) is 6.10 Å². The van der Waals surface area contributed by atoms with Crippen molar-refractivity contribution in [1.29, 1.82) is 0 Å². The van der Waals surface area contributed by atoms with Gasteiger partial charge in [-0.15, -0.1) is 0 Å². The van der Waals surface area contributed by atoms with E-state index in [1.165, 1.54) is 24.1 Å². The molecular weight excluding hydrogens is 324 g/mol. The van der Waals surface area contributed by atoms with Crippen molar-refractivity contribution in [3.05, 3.63) is 29.8 Å². The minimum atomic E-state index is -0.102. The third-order valence-electron chi connectivity index (χ3n) is 6.42. The van der Waals surface area contributed by atoms with Crippen LogP contribution in [0, 0.1) is 12.3 Å². The van der Waals surface area contributed by atoms with Crippen LogP contribution in [0.3, 0.4) is 0 Å². The van der Waals surface area contributed by atoms with Crippen LogP contribution in [0.2, 0.25) is 0 Å². The number of carbonyl (C=O) groups is 1. The molecule has 1 spiro atoms. The molecule has 1 unspecified atom stereocenters. The summed E-state index contributed by atoms with van der Waals surface area (Å²) in [6, 6.07) is 8.83. The Morgan fingerprint density at radius 1 is 1.08 bits per heavy atom. The highest BCUT2D eigenvalue weighted by molar-refractivity contribution is 5.79. The van der Waals surface area contributed by atoms with E-state index >= 15 is 0 Å². The zero-order valence-corrected chi connectivity index (χ0v) is 15.4. The van der Waals surface area contributed by atoms with Crippen molar-refractivity contribution >= 4 is 11.7 Å². The number of nitrogens with zero attached hydrogens (tertiary/aromatic N) is 2. The van der Waals surface area contributed by atoms with Gasteiger partial charge in [0.05, 0.1) is 5.41 Å². The maximum atomic E-state index is 12.2. The first-order chi connectivity index (χ1) is 12.1. The van der Waals surface area contributed by atoms with E-state index in [2.05, 4.69) is 41.0 Å². The molecule has 1 saturated carbocycles. The third kappa shape index (κ3) is 3.90. The van der Waals surface area contributed by atoms with Crippen molar-refractivity contribution in [2.24, 2.45) is 5.41 Å². The monoisotopic (exact) mass is 358 g/mol. The van der Waals surface area contributed by atoms with E-state index in [1.807, 2.05) is 0 Å². The minimum Gasteiger partial charge on any atom is -0.462 e. The van der Waals surface area contributed by atoms with Gasteiger partial charge in [-0.3, -0.25) is 9.69 Å². The lowest BCUT2D eigenvalue weighted by Crippen LogP contribution is -2.47. The van der Waals surface area contributed by atoms with E-state index in [0.29, 0.717) is 0 Å². The molecule has 26 heavy (non-hydrogen) atoms. The van der Waals surface area contributed by atoms with E-state index < -0.39 is 0 Å². The molecule has 2 heterocycles. The molecule has 0 bridgehead atoms. The van der Waals surface area contributed by atoms with E-state index in [4.69, 9.17) is 4.74 Å².